The summed E-state index contributed by atoms with van der Waals surface area (Å²) in [5, 5.41) is 11.4. The first-order chi connectivity index (χ1) is 14.8. The lowest BCUT2D eigenvalue weighted by Crippen LogP contribution is -2.48. The van der Waals surface area contributed by atoms with E-state index in [4.69, 9.17) is 4.74 Å². The van der Waals surface area contributed by atoms with Crippen LogP contribution in [-0.4, -0.2) is 57.3 Å². The molecule has 0 saturated carbocycles. The molecule has 3 rings (SSSR count). The molecule has 1 aliphatic rings. The number of ether oxygens (including phenoxy) is 1. The van der Waals surface area contributed by atoms with E-state index >= 15 is 0 Å². The van der Waals surface area contributed by atoms with Crippen molar-refractivity contribution >= 4 is 21.8 Å². The number of aromatic nitrogens is 4. The van der Waals surface area contributed by atoms with E-state index in [1.807, 2.05) is 0 Å². The molecule has 168 valence electrons. The van der Waals surface area contributed by atoms with E-state index in [2.05, 4.69) is 22.4 Å². The molecule has 1 aromatic heterocycles. The van der Waals surface area contributed by atoms with Gasteiger partial charge in [0.1, 0.15) is 6.04 Å². The van der Waals surface area contributed by atoms with Crippen molar-refractivity contribution in [1.82, 2.24) is 24.5 Å². The van der Waals surface area contributed by atoms with Crippen LogP contribution in [0.5, 0.6) is 0 Å². The summed E-state index contributed by atoms with van der Waals surface area (Å²) in [5.74, 6) is -0.342. The summed E-state index contributed by atoms with van der Waals surface area (Å²) in [6, 6.07) is 4.83. The van der Waals surface area contributed by atoms with E-state index in [1.54, 1.807) is 4.68 Å². The molecular formula is C20H27N5O5S. The Kier molecular flexibility index (Phi) is 7.50. The van der Waals surface area contributed by atoms with Gasteiger partial charge in [0, 0.05) is 18.7 Å². The van der Waals surface area contributed by atoms with Gasteiger partial charge in [0.05, 0.1) is 4.90 Å². The zero-order valence-electron chi connectivity index (χ0n) is 17.7. The number of aryl methyl sites for hydroxylation is 1. The van der Waals surface area contributed by atoms with Crippen molar-refractivity contribution in [2.45, 2.75) is 70.0 Å². The number of hydrogen-bond acceptors (Lipinski definition) is 8. The molecule has 10 nitrogen and oxygen atoms in total. The van der Waals surface area contributed by atoms with Crippen molar-refractivity contribution in [1.29, 1.82) is 0 Å². The van der Waals surface area contributed by atoms with E-state index in [1.165, 1.54) is 35.5 Å². The minimum atomic E-state index is -3.92. The number of carbonyl (C=O) groups is 2. The molecular weight excluding hydrogens is 422 g/mol. The predicted octanol–water partition coefficient (Wildman–Crippen LogP) is 1.96. The Morgan fingerprint density at radius 3 is 2.61 bits per heavy atom. The molecule has 0 radical (unpaired) electrons. The molecule has 0 bridgehead atoms. The second kappa shape index (κ2) is 10.1. The van der Waals surface area contributed by atoms with Crippen molar-refractivity contribution in [2.75, 3.05) is 6.54 Å². The average molecular weight is 450 g/mol. The Labute approximate surface area is 181 Å². The fraction of sp³-hybridized carbons (Fsp3) is 0.550. The number of piperidine rings is 1. The number of ketones is 1. The number of hydrogen-bond donors (Lipinski definition) is 0. The molecule has 2 aromatic rings. The summed E-state index contributed by atoms with van der Waals surface area (Å²) >= 11 is 0. The lowest BCUT2D eigenvalue weighted by atomic mass is 10.1. The summed E-state index contributed by atoms with van der Waals surface area (Å²) in [5.41, 5.74) is 0.425. The van der Waals surface area contributed by atoms with Gasteiger partial charge in [-0.25, -0.2) is 13.1 Å². The van der Waals surface area contributed by atoms with Gasteiger partial charge in [-0.1, -0.05) is 25.5 Å². The highest BCUT2D eigenvalue weighted by molar-refractivity contribution is 7.89. The second-order valence-corrected chi connectivity index (χ2v) is 9.38. The number of sulfonamides is 1. The zero-order chi connectivity index (χ0) is 22.4. The van der Waals surface area contributed by atoms with Crippen LogP contribution >= 0.6 is 0 Å². The molecule has 0 N–H and O–H groups in total. The van der Waals surface area contributed by atoms with Crippen molar-refractivity contribution in [2.24, 2.45) is 0 Å². The lowest BCUT2D eigenvalue weighted by Gasteiger charge is -2.33. The fourth-order valence-corrected chi connectivity index (χ4v) is 5.11. The van der Waals surface area contributed by atoms with Crippen molar-refractivity contribution in [3.63, 3.8) is 0 Å². The minimum Gasteiger partial charge on any atom is -0.456 e. The molecule has 0 spiro atoms. The summed E-state index contributed by atoms with van der Waals surface area (Å²) in [6.45, 7) is 4.20. The quantitative estimate of drug-likeness (QED) is 0.420. The molecule has 11 heteroatoms. The first kappa shape index (κ1) is 23.0. The zero-order valence-corrected chi connectivity index (χ0v) is 18.5. The third kappa shape index (κ3) is 5.34. The lowest BCUT2D eigenvalue weighted by molar-refractivity contribution is -0.150. The van der Waals surface area contributed by atoms with E-state index in [9.17, 15) is 18.0 Å². The normalized spacial score (nSPS) is 17.4. The SMILES string of the molecule is CCCCn1nnnc1COC(=O)C1CCCCN1S(=O)(=O)c1ccc(C(C)=O)cc1. The molecule has 0 amide bonds. The van der Waals surface area contributed by atoms with Gasteiger partial charge in [-0.15, -0.1) is 5.10 Å². The molecule has 0 aliphatic carbocycles. The third-order valence-electron chi connectivity index (χ3n) is 5.27. The maximum absolute atomic E-state index is 13.2. The van der Waals surface area contributed by atoms with Crippen LogP contribution in [0, 0.1) is 0 Å². The van der Waals surface area contributed by atoms with E-state index in [0.717, 1.165) is 19.3 Å². The van der Waals surface area contributed by atoms with Crippen LogP contribution < -0.4 is 0 Å². The first-order valence-electron chi connectivity index (χ1n) is 10.4. The Balaban J connectivity index is 1.73. The number of Topliss-reactive ketones (excluding diaryl/α,β-unsaturated/α-hetero) is 1. The van der Waals surface area contributed by atoms with Gasteiger partial charge in [-0.3, -0.25) is 9.59 Å². The number of carbonyl (C=O) groups excluding carboxylic acids is 2. The summed E-state index contributed by atoms with van der Waals surface area (Å²) in [6.07, 6.45) is 3.63. The monoisotopic (exact) mass is 449 g/mol. The van der Waals surface area contributed by atoms with Gasteiger partial charge in [-0.05, 0) is 55.2 Å². The molecule has 1 fully saturated rings. The third-order valence-corrected chi connectivity index (χ3v) is 7.19. The highest BCUT2D eigenvalue weighted by Crippen LogP contribution is 2.26. The van der Waals surface area contributed by atoms with E-state index in [0.29, 0.717) is 30.8 Å². The average Bonchev–Trinajstić information content (AvgIpc) is 3.23. The smallest absolute Gasteiger partial charge is 0.324 e. The van der Waals surface area contributed by atoms with Gasteiger partial charge in [0.25, 0.3) is 0 Å². The molecule has 31 heavy (non-hydrogen) atoms. The molecule has 1 aliphatic heterocycles. The van der Waals surface area contributed by atoms with Crippen LogP contribution in [0.1, 0.15) is 62.1 Å². The predicted molar refractivity (Wildman–Crippen MR) is 110 cm³/mol. The Morgan fingerprint density at radius 2 is 1.94 bits per heavy atom. The number of unbranched alkanes of at least 4 members (excludes halogenated alkanes) is 1. The van der Waals surface area contributed by atoms with E-state index in [-0.39, 0.29) is 23.8 Å². The highest BCUT2D eigenvalue weighted by Gasteiger charge is 2.38. The Bertz CT molecular complexity index is 1020. The number of nitrogens with zero attached hydrogens (tertiary/aromatic N) is 5. The van der Waals surface area contributed by atoms with E-state index < -0.39 is 22.0 Å². The van der Waals surface area contributed by atoms with Crippen LogP contribution in [0.3, 0.4) is 0 Å². The second-order valence-electron chi connectivity index (χ2n) is 7.49. The van der Waals surface area contributed by atoms with Crippen LogP contribution in [-0.2, 0) is 32.7 Å². The molecule has 1 atom stereocenters. The number of rotatable bonds is 9. The molecule has 2 heterocycles. The van der Waals surface area contributed by atoms with Crippen molar-refractivity contribution in [3.05, 3.63) is 35.7 Å². The number of esters is 1. The summed E-state index contributed by atoms with van der Waals surface area (Å²) in [7, 11) is -3.92. The van der Waals surface area contributed by atoms with Crippen molar-refractivity contribution < 1.29 is 22.7 Å². The van der Waals surface area contributed by atoms with Gasteiger partial charge < -0.3 is 4.74 Å². The largest absolute Gasteiger partial charge is 0.456 e. The standard InChI is InChI=1S/C20H27N5O5S/c1-3-4-12-24-19(21-22-23-24)14-30-20(27)18-7-5-6-13-25(18)31(28,29)17-10-8-16(9-11-17)15(2)26/h8-11,18H,3-7,12-14H2,1-2H3. The molecule has 1 unspecified atom stereocenters. The van der Waals surface area contributed by atoms with Crippen LogP contribution in [0.2, 0.25) is 0 Å². The number of tetrazole rings is 1. The maximum Gasteiger partial charge on any atom is 0.324 e. The summed E-state index contributed by atoms with van der Waals surface area (Å²) in [4.78, 5) is 24.3. The van der Waals surface area contributed by atoms with Crippen LogP contribution in [0.4, 0.5) is 0 Å². The van der Waals surface area contributed by atoms with Crippen molar-refractivity contribution in [3.8, 4) is 0 Å². The maximum atomic E-state index is 13.2. The van der Waals surface area contributed by atoms with Gasteiger partial charge >= 0.3 is 5.97 Å². The van der Waals surface area contributed by atoms with Gasteiger partial charge in [0.2, 0.25) is 10.0 Å². The van der Waals surface area contributed by atoms with Crippen LogP contribution in [0.15, 0.2) is 29.2 Å². The van der Waals surface area contributed by atoms with Gasteiger partial charge in [0.15, 0.2) is 18.2 Å². The Hall–Kier alpha value is -2.66. The molecule has 1 saturated heterocycles. The Morgan fingerprint density at radius 1 is 1.19 bits per heavy atom. The van der Waals surface area contributed by atoms with Crippen LogP contribution in [0.25, 0.3) is 0 Å². The number of benzene rings is 1. The highest BCUT2D eigenvalue weighted by atomic mass is 32.2. The minimum absolute atomic E-state index is 0.0423. The first-order valence-corrected chi connectivity index (χ1v) is 11.8. The summed E-state index contributed by atoms with van der Waals surface area (Å²) < 4.78 is 34.6. The van der Waals surface area contributed by atoms with Gasteiger partial charge in [-0.2, -0.15) is 4.31 Å². The molecule has 1 aromatic carbocycles. The fourth-order valence-electron chi connectivity index (χ4n) is 3.47. The topological polar surface area (TPSA) is 124 Å².